The first-order valence-corrected chi connectivity index (χ1v) is 11.7. The van der Waals surface area contributed by atoms with Crippen molar-refractivity contribution >= 4 is 28.5 Å². The lowest BCUT2D eigenvalue weighted by molar-refractivity contribution is 0.0440. The molecule has 2 unspecified atom stereocenters. The van der Waals surface area contributed by atoms with Crippen LogP contribution < -0.4 is 5.43 Å². The van der Waals surface area contributed by atoms with Crippen LogP contribution in [0.4, 0.5) is 0 Å². The van der Waals surface area contributed by atoms with E-state index in [1.54, 1.807) is 12.3 Å². The van der Waals surface area contributed by atoms with Gasteiger partial charge in [-0.25, -0.2) is 4.79 Å². The minimum Gasteiger partial charge on any atom is -0.461 e. The van der Waals surface area contributed by atoms with E-state index in [4.69, 9.17) is 16.3 Å². The second kappa shape index (κ2) is 8.01. The van der Waals surface area contributed by atoms with Gasteiger partial charge in [-0.1, -0.05) is 31.4 Å². The summed E-state index contributed by atoms with van der Waals surface area (Å²) in [7, 11) is 0. The molecule has 1 saturated heterocycles. The monoisotopic (exact) mass is 428 g/mol. The number of carbonyl (C=O) groups excluding carboxylic acids is 1. The van der Waals surface area contributed by atoms with Crippen molar-refractivity contribution in [1.29, 1.82) is 0 Å². The maximum atomic E-state index is 13.2. The molecule has 1 aromatic heterocycles. The van der Waals surface area contributed by atoms with Crippen LogP contribution in [0, 0.1) is 5.92 Å². The Morgan fingerprint density at radius 3 is 2.73 bits per heavy atom. The third-order valence-electron chi connectivity index (χ3n) is 7.34. The lowest BCUT2D eigenvalue weighted by Gasteiger charge is -2.29. The number of hydrogen-bond donors (Lipinski definition) is 0. The fourth-order valence-electron chi connectivity index (χ4n) is 5.62. The Balaban J connectivity index is 1.40. The van der Waals surface area contributed by atoms with Crippen LogP contribution in [-0.2, 0) is 4.74 Å². The zero-order valence-electron chi connectivity index (χ0n) is 17.5. The molecule has 3 aliphatic rings. The number of halogens is 1. The lowest BCUT2D eigenvalue weighted by Crippen LogP contribution is -2.35. The van der Waals surface area contributed by atoms with Crippen molar-refractivity contribution < 1.29 is 9.53 Å². The van der Waals surface area contributed by atoms with E-state index < -0.39 is 5.97 Å². The standard InChI is InChI=1S/C24H29ClN2O3/c1-15-6-8-26(9-7-15)10-11-30-24(29)20-14-27-21-5-3-2-4-17(21)18-12-16(25)13-19(22(18)27)23(20)28/h12-15,17,21H,2-11H2,1H3. The van der Waals surface area contributed by atoms with E-state index in [1.165, 1.54) is 31.2 Å². The number of piperidine rings is 1. The summed E-state index contributed by atoms with van der Waals surface area (Å²) >= 11 is 6.37. The molecule has 0 radical (unpaired) electrons. The molecule has 5 nitrogen and oxygen atoms in total. The van der Waals surface area contributed by atoms with E-state index in [-0.39, 0.29) is 11.0 Å². The fraction of sp³-hybridized carbons (Fsp3) is 0.583. The summed E-state index contributed by atoms with van der Waals surface area (Å²) in [5, 5.41) is 1.11. The van der Waals surface area contributed by atoms with Crippen LogP contribution in [-0.4, -0.2) is 41.7 Å². The van der Waals surface area contributed by atoms with Crippen LogP contribution in [0.25, 0.3) is 10.9 Å². The van der Waals surface area contributed by atoms with E-state index in [9.17, 15) is 9.59 Å². The summed E-state index contributed by atoms with van der Waals surface area (Å²) in [5.41, 5.74) is 1.99. The highest BCUT2D eigenvalue weighted by molar-refractivity contribution is 6.31. The van der Waals surface area contributed by atoms with Gasteiger partial charge in [-0.2, -0.15) is 0 Å². The van der Waals surface area contributed by atoms with E-state index in [1.807, 2.05) is 6.07 Å². The maximum Gasteiger partial charge on any atom is 0.343 e. The quantitative estimate of drug-likeness (QED) is 0.659. The van der Waals surface area contributed by atoms with Gasteiger partial charge in [-0.05, 0) is 62.4 Å². The van der Waals surface area contributed by atoms with E-state index >= 15 is 0 Å². The van der Waals surface area contributed by atoms with Gasteiger partial charge in [0.05, 0.1) is 5.52 Å². The van der Waals surface area contributed by atoms with Gasteiger partial charge in [-0.15, -0.1) is 0 Å². The second-order valence-corrected chi connectivity index (χ2v) is 9.73. The normalized spacial score (nSPS) is 24.2. The fourth-order valence-corrected chi connectivity index (χ4v) is 5.84. The predicted octanol–water partition coefficient (Wildman–Crippen LogP) is 4.76. The number of nitrogens with zero attached hydrogens (tertiary/aromatic N) is 2. The smallest absolute Gasteiger partial charge is 0.343 e. The van der Waals surface area contributed by atoms with Crippen LogP contribution in [0.15, 0.2) is 23.1 Å². The molecule has 0 bridgehead atoms. The molecule has 6 heteroatoms. The van der Waals surface area contributed by atoms with Crippen LogP contribution in [0.3, 0.4) is 0 Å². The van der Waals surface area contributed by atoms with Crippen molar-refractivity contribution in [2.75, 3.05) is 26.2 Å². The summed E-state index contributed by atoms with van der Waals surface area (Å²) in [5.74, 6) is 0.638. The molecule has 1 aromatic carbocycles. The van der Waals surface area contributed by atoms with Crippen molar-refractivity contribution in [3.05, 3.63) is 44.7 Å². The highest BCUT2D eigenvalue weighted by atomic mass is 35.5. The Bertz CT molecular complexity index is 1040. The Kier molecular flexibility index (Phi) is 5.36. The summed E-state index contributed by atoms with van der Waals surface area (Å²) in [6, 6.07) is 4.02. The van der Waals surface area contributed by atoms with Crippen molar-refractivity contribution in [3.63, 3.8) is 0 Å². The number of pyridine rings is 1. The number of ether oxygens (including phenoxy) is 1. The topological polar surface area (TPSA) is 51.5 Å². The van der Waals surface area contributed by atoms with Gasteiger partial charge < -0.3 is 9.30 Å². The van der Waals surface area contributed by atoms with E-state index in [2.05, 4.69) is 16.4 Å². The molecule has 3 heterocycles. The van der Waals surface area contributed by atoms with Crippen LogP contribution in [0.2, 0.25) is 5.02 Å². The molecule has 1 saturated carbocycles. The van der Waals surface area contributed by atoms with E-state index in [0.717, 1.165) is 43.9 Å². The minimum absolute atomic E-state index is 0.134. The number of esters is 1. The largest absolute Gasteiger partial charge is 0.461 e. The molecule has 1 aliphatic carbocycles. The average molecular weight is 429 g/mol. The molecule has 5 rings (SSSR count). The molecule has 160 valence electrons. The molecule has 0 amide bonds. The first-order valence-electron chi connectivity index (χ1n) is 11.3. The predicted molar refractivity (Wildman–Crippen MR) is 119 cm³/mol. The van der Waals surface area contributed by atoms with Gasteiger partial charge >= 0.3 is 5.97 Å². The Morgan fingerprint density at radius 2 is 1.93 bits per heavy atom. The van der Waals surface area contributed by atoms with Gasteiger partial charge in [0.1, 0.15) is 12.2 Å². The summed E-state index contributed by atoms with van der Waals surface area (Å²) in [6.45, 7) is 5.42. The first-order chi connectivity index (χ1) is 14.5. The minimum atomic E-state index is -0.517. The van der Waals surface area contributed by atoms with Gasteiger partial charge in [0.25, 0.3) is 0 Å². The molecule has 2 aromatic rings. The molecule has 30 heavy (non-hydrogen) atoms. The van der Waals surface area contributed by atoms with Crippen LogP contribution in [0.5, 0.6) is 0 Å². The van der Waals surface area contributed by atoms with Crippen molar-refractivity contribution in [1.82, 2.24) is 9.47 Å². The number of likely N-dealkylation sites (tertiary alicyclic amines) is 1. The average Bonchev–Trinajstić information content (AvgIpc) is 3.06. The molecular formula is C24H29ClN2O3. The lowest BCUT2D eigenvalue weighted by atomic mass is 9.82. The van der Waals surface area contributed by atoms with Crippen molar-refractivity contribution in [3.8, 4) is 0 Å². The molecule has 2 atom stereocenters. The Hall–Kier alpha value is -1.85. The van der Waals surface area contributed by atoms with Crippen LogP contribution >= 0.6 is 11.6 Å². The van der Waals surface area contributed by atoms with Gasteiger partial charge in [-0.3, -0.25) is 9.69 Å². The second-order valence-electron chi connectivity index (χ2n) is 9.29. The Labute approximate surface area is 181 Å². The van der Waals surface area contributed by atoms with Gasteiger partial charge in [0.15, 0.2) is 0 Å². The van der Waals surface area contributed by atoms with Crippen molar-refractivity contribution in [2.24, 2.45) is 5.92 Å². The van der Waals surface area contributed by atoms with Gasteiger partial charge in [0.2, 0.25) is 5.43 Å². The van der Waals surface area contributed by atoms with Gasteiger partial charge in [0, 0.05) is 35.1 Å². The third kappa shape index (κ3) is 3.46. The zero-order valence-corrected chi connectivity index (χ0v) is 18.3. The zero-order chi connectivity index (χ0) is 20.8. The molecule has 0 spiro atoms. The number of carbonyl (C=O) groups is 1. The molecule has 2 aliphatic heterocycles. The molecular weight excluding hydrogens is 400 g/mol. The summed E-state index contributed by atoms with van der Waals surface area (Å²) in [4.78, 5) is 28.4. The highest BCUT2D eigenvalue weighted by Crippen LogP contribution is 2.49. The molecule has 0 N–H and O–H groups in total. The summed E-state index contributed by atoms with van der Waals surface area (Å²) in [6.07, 6.45) is 8.66. The number of fused-ring (bicyclic) bond motifs is 3. The Morgan fingerprint density at radius 1 is 1.17 bits per heavy atom. The van der Waals surface area contributed by atoms with E-state index in [0.29, 0.717) is 29.0 Å². The molecule has 2 fully saturated rings. The highest BCUT2D eigenvalue weighted by Gasteiger charge is 2.37. The SMILES string of the molecule is CC1CCN(CCOC(=O)c2cn3c4c(cc(Cl)cc4c2=O)C2CCCCC23)CC1. The summed E-state index contributed by atoms with van der Waals surface area (Å²) < 4.78 is 7.70. The van der Waals surface area contributed by atoms with Crippen molar-refractivity contribution in [2.45, 2.75) is 57.4 Å². The number of benzene rings is 1. The maximum absolute atomic E-state index is 13.2. The number of hydrogen-bond acceptors (Lipinski definition) is 4. The van der Waals surface area contributed by atoms with Crippen LogP contribution in [0.1, 0.15) is 73.3 Å². The number of aromatic nitrogens is 1. The third-order valence-corrected chi connectivity index (χ3v) is 7.56. The number of rotatable bonds is 4. The first kappa shape index (κ1) is 20.1.